The van der Waals surface area contributed by atoms with Gasteiger partial charge in [0.2, 0.25) is 0 Å². The summed E-state index contributed by atoms with van der Waals surface area (Å²) < 4.78 is 37.7. The minimum Gasteiger partial charge on any atom is -0.469 e. The lowest BCUT2D eigenvalue weighted by molar-refractivity contribution is -0.308. The molecule has 0 radical (unpaired) electrons. The number of carbonyl (C=O) groups excluding carboxylic acids is 5. The van der Waals surface area contributed by atoms with Gasteiger partial charge >= 0.3 is 29.8 Å². The predicted octanol–water partition coefficient (Wildman–Crippen LogP) is 4.33. The Bertz CT molecular complexity index is 829. The molecular formula is C30H50O12. The van der Waals surface area contributed by atoms with Crippen molar-refractivity contribution in [3.8, 4) is 0 Å². The Kier molecular flexibility index (Phi) is 19.4. The molecule has 0 saturated carbocycles. The lowest BCUT2D eigenvalue weighted by Gasteiger charge is -2.44. The molecule has 0 unspecified atom stereocenters. The summed E-state index contributed by atoms with van der Waals surface area (Å²) in [5, 5.41) is 0. The van der Waals surface area contributed by atoms with Crippen molar-refractivity contribution in [2.24, 2.45) is 0 Å². The van der Waals surface area contributed by atoms with Gasteiger partial charge in [0.05, 0.1) is 7.11 Å². The molecule has 1 saturated heterocycles. The molecule has 0 aromatic rings. The fourth-order valence-electron chi connectivity index (χ4n) is 4.76. The van der Waals surface area contributed by atoms with Gasteiger partial charge in [-0.1, -0.05) is 64.2 Å². The molecular weight excluding hydrogens is 552 g/mol. The van der Waals surface area contributed by atoms with Gasteiger partial charge < -0.3 is 33.2 Å². The normalized spacial score (nSPS) is 21.7. The van der Waals surface area contributed by atoms with Gasteiger partial charge in [0.25, 0.3) is 0 Å². The number of rotatable bonds is 21. The Morgan fingerprint density at radius 2 is 1.02 bits per heavy atom. The van der Waals surface area contributed by atoms with E-state index in [1.807, 2.05) is 0 Å². The highest BCUT2D eigenvalue weighted by Gasteiger charge is 2.52. The predicted molar refractivity (Wildman–Crippen MR) is 150 cm³/mol. The molecule has 1 fully saturated rings. The Morgan fingerprint density at radius 3 is 1.50 bits per heavy atom. The van der Waals surface area contributed by atoms with Crippen LogP contribution >= 0.6 is 0 Å². The van der Waals surface area contributed by atoms with Crippen LogP contribution in [0.4, 0.5) is 0 Å². The first-order valence-corrected chi connectivity index (χ1v) is 15.0. The molecule has 1 rings (SSSR count). The smallest absolute Gasteiger partial charge is 0.305 e. The lowest BCUT2D eigenvalue weighted by Crippen LogP contribution is -2.63. The largest absolute Gasteiger partial charge is 0.469 e. The fraction of sp³-hybridized carbons (Fsp3) is 0.833. The third-order valence-electron chi connectivity index (χ3n) is 6.73. The first-order valence-electron chi connectivity index (χ1n) is 15.0. The van der Waals surface area contributed by atoms with Crippen molar-refractivity contribution in [3.63, 3.8) is 0 Å². The Hall–Kier alpha value is -2.73. The maximum atomic E-state index is 11.9. The highest BCUT2D eigenvalue weighted by Crippen LogP contribution is 2.30. The summed E-state index contributed by atoms with van der Waals surface area (Å²) in [6.45, 7) is 4.78. The summed E-state index contributed by atoms with van der Waals surface area (Å²) in [5.74, 6) is -2.73. The van der Waals surface area contributed by atoms with Crippen LogP contribution in [0.5, 0.6) is 0 Å². The van der Waals surface area contributed by atoms with Crippen molar-refractivity contribution in [1.29, 1.82) is 0 Å². The number of unbranched alkanes of at least 4 members (excludes halogenated alkanes) is 11. The van der Waals surface area contributed by atoms with Crippen molar-refractivity contribution < 1.29 is 57.1 Å². The van der Waals surface area contributed by atoms with Gasteiger partial charge in [0.1, 0.15) is 12.7 Å². The second kappa shape index (κ2) is 21.9. The quantitative estimate of drug-likeness (QED) is 0.104. The summed E-state index contributed by atoms with van der Waals surface area (Å²) in [7, 11) is 1.42. The third-order valence-corrected chi connectivity index (χ3v) is 6.73. The van der Waals surface area contributed by atoms with E-state index in [9.17, 15) is 24.0 Å². The average molecular weight is 603 g/mol. The van der Waals surface area contributed by atoms with Gasteiger partial charge in [-0.25, -0.2) is 0 Å². The molecule has 5 atom stereocenters. The van der Waals surface area contributed by atoms with Crippen LogP contribution in [0.3, 0.4) is 0 Å². The van der Waals surface area contributed by atoms with E-state index in [1.165, 1.54) is 66.9 Å². The first-order chi connectivity index (χ1) is 20.0. The molecule has 0 bridgehead atoms. The van der Waals surface area contributed by atoms with Crippen LogP contribution in [0.1, 0.15) is 111 Å². The van der Waals surface area contributed by atoms with Crippen LogP contribution in [0.2, 0.25) is 0 Å². The van der Waals surface area contributed by atoms with Gasteiger partial charge in [-0.2, -0.15) is 0 Å². The van der Waals surface area contributed by atoms with E-state index >= 15 is 0 Å². The third kappa shape index (κ3) is 16.6. The zero-order valence-corrected chi connectivity index (χ0v) is 25.9. The average Bonchev–Trinajstić information content (AvgIpc) is 2.91. The number of hydrogen-bond acceptors (Lipinski definition) is 12. The fourth-order valence-corrected chi connectivity index (χ4v) is 4.76. The monoisotopic (exact) mass is 602 g/mol. The molecule has 12 heteroatoms. The highest BCUT2D eigenvalue weighted by molar-refractivity contribution is 5.69. The topological polar surface area (TPSA) is 150 Å². The molecule has 0 spiro atoms. The molecule has 0 aromatic carbocycles. The van der Waals surface area contributed by atoms with E-state index in [0.29, 0.717) is 13.0 Å². The summed E-state index contributed by atoms with van der Waals surface area (Å²) in [5.41, 5.74) is 0. The SMILES string of the molecule is COC(=O)CCCCCCCCCCCCCCO[C@@H]1O[C@H](COC(C)=O)[C@@H](OC(C)=O)[C@H](OC(C)=O)[C@H]1OC(C)=O. The van der Waals surface area contributed by atoms with Crippen LogP contribution in [0, 0.1) is 0 Å². The zero-order chi connectivity index (χ0) is 31.3. The number of esters is 5. The Balaban J connectivity index is 2.48. The summed E-state index contributed by atoms with van der Waals surface area (Å²) in [6.07, 6.45) is 7.67. The molecule has 0 amide bonds. The number of ether oxygens (including phenoxy) is 7. The van der Waals surface area contributed by atoms with Gasteiger partial charge in [-0.15, -0.1) is 0 Å². The van der Waals surface area contributed by atoms with Crippen molar-refractivity contribution in [1.82, 2.24) is 0 Å². The standard InChI is InChI=1S/C30H50O12/c1-21(31)38-20-25-27(39-22(2)32)28(40-23(3)33)29(41-24(4)34)30(42-25)37-19-17-15-13-11-9-7-6-8-10-12-14-16-18-26(35)36-5/h25,27-30H,6-20H2,1-5H3/t25-,27-,28+,29-,30-/m1/s1. The van der Waals surface area contributed by atoms with Crippen molar-refractivity contribution in [2.75, 3.05) is 20.3 Å². The second-order valence-electron chi connectivity index (χ2n) is 10.5. The van der Waals surface area contributed by atoms with Gasteiger partial charge in [0, 0.05) is 40.7 Å². The van der Waals surface area contributed by atoms with Crippen LogP contribution in [-0.2, 0) is 57.1 Å². The van der Waals surface area contributed by atoms with Crippen LogP contribution < -0.4 is 0 Å². The van der Waals surface area contributed by atoms with E-state index in [-0.39, 0.29) is 12.6 Å². The van der Waals surface area contributed by atoms with Crippen molar-refractivity contribution in [2.45, 2.75) is 142 Å². The van der Waals surface area contributed by atoms with Crippen LogP contribution in [0.25, 0.3) is 0 Å². The zero-order valence-electron chi connectivity index (χ0n) is 25.9. The van der Waals surface area contributed by atoms with Crippen molar-refractivity contribution in [3.05, 3.63) is 0 Å². The number of methoxy groups -OCH3 is 1. The molecule has 242 valence electrons. The van der Waals surface area contributed by atoms with Crippen molar-refractivity contribution >= 4 is 29.8 Å². The Morgan fingerprint density at radius 1 is 0.571 bits per heavy atom. The van der Waals surface area contributed by atoms with Gasteiger partial charge in [-0.05, 0) is 12.8 Å². The minimum absolute atomic E-state index is 0.137. The molecule has 12 nitrogen and oxygen atoms in total. The van der Waals surface area contributed by atoms with E-state index < -0.39 is 54.6 Å². The van der Waals surface area contributed by atoms with E-state index in [0.717, 1.165) is 44.9 Å². The highest BCUT2D eigenvalue weighted by atomic mass is 16.7. The molecule has 1 heterocycles. The molecule has 1 aliphatic rings. The van der Waals surface area contributed by atoms with Crippen LogP contribution in [-0.4, -0.2) is 80.9 Å². The first kappa shape index (κ1) is 37.3. The number of carbonyl (C=O) groups is 5. The van der Waals surface area contributed by atoms with Crippen LogP contribution in [0.15, 0.2) is 0 Å². The van der Waals surface area contributed by atoms with E-state index in [1.54, 1.807) is 0 Å². The van der Waals surface area contributed by atoms with Gasteiger partial charge in [0.15, 0.2) is 24.6 Å². The minimum atomic E-state index is -1.23. The van der Waals surface area contributed by atoms with E-state index in [4.69, 9.17) is 28.4 Å². The summed E-state index contributed by atoms with van der Waals surface area (Å²) >= 11 is 0. The number of hydrogen-bond donors (Lipinski definition) is 0. The second-order valence-corrected chi connectivity index (χ2v) is 10.5. The molecule has 0 N–H and O–H groups in total. The molecule has 0 aromatic heterocycles. The maximum Gasteiger partial charge on any atom is 0.305 e. The Labute approximate surface area is 249 Å². The molecule has 1 aliphatic heterocycles. The van der Waals surface area contributed by atoms with Gasteiger partial charge in [-0.3, -0.25) is 24.0 Å². The van der Waals surface area contributed by atoms with E-state index in [2.05, 4.69) is 4.74 Å². The maximum absolute atomic E-state index is 11.9. The summed E-state index contributed by atoms with van der Waals surface area (Å²) in [4.78, 5) is 58.1. The molecule has 0 aliphatic carbocycles. The molecule has 42 heavy (non-hydrogen) atoms. The summed E-state index contributed by atoms with van der Waals surface area (Å²) in [6, 6.07) is 0. The lowest BCUT2D eigenvalue weighted by atomic mass is 9.98.